The first-order valence-corrected chi connectivity index (χ1v) is 6.94. The number of nitrogens with zero attached hydrogens (tertiary/aromatic N) is 1. The maximum absolute atomic E-state index is 12.1. The molecule has 0 saturated carbocycles. The Morgan fingerprint density at radius 1 is 1.60 bits per heavy atom. The lowest BCUT2D eigenvalue weighted by molar-refractivity contribution is -0.0561. The summed E-state index contributed by atoms with van der Waals surface area (Å²) in [6.07, 6.45) is 4.25. The molecule has 0 aliphatic carbocycles. The number of aromatic nitrogens is 1. The number of carbonyl (C=O) groups is 1. The van der Waals surface area contributed by atoms with E-state index in [1.54, 1.807) is 18.5 Å². The fourth-order valence-electron chi connectivity index (χ4n) is 2.16. The fourth-order valence-corrected chi connectivity index (χ4v) is 2.16. The van der Waals surface area contributed by atoms with Gasteiger partial charge in [-0.3, -0.25) is 4.79 Å². The Kier molecular flexibility index (Phi) is 5.58. The molecule has 6 nitrogen and oxygen atoms in total. The number of aromatic amines is 1. The molecular formula is C14H23N3O3. The van der Waals surface area contributed by atoms with Crippen LogP contribution in [-0.2, 0) is 9.47 Å². The van der Waals surface area contributed by atoms with E-state index in [-0.39, 0.29) is 18.1 Å². The summed E-state index contributed by atoms with van der Waals surface area (Å²) in [5.74, 6) is -0.0945. The van der Waals surface area contributed by atoms with Gasteiger partial charge in [-0.25, -0.2) is 0 Å². The summed E-state index contributed by atoms with van der Waals surface area (Å²) in [7, 11) is 4.02. The zero-order valence-electron chi connectivity index (χ0n) is 12.1. The Hall–Kier alpha value is -1.37. The molecular weight excluding hydrogens is 258 g/mol. The van der Waals surface area contributed by atoms with Crippen molar-refractivity contribution in [2.24, 2.45) is 0 Å². The van der Waals surface area contributed by atoms with Gasteiger partial charge in [-0.1, -0.05) is 0 Å². The van der Waals surface area contributed by atoms with Crippen LogP contribution in [0.3, 0.4) is 0 Å². The second-order valence-corrected chi connectivity index (χ2v) is 5.26. The van der Waals surface area contributed by atoms with Gasteiger partial charge in [0.2, 0.25) is 0 Å². The number of ether oxygens (including phenoxy) is 2. The van der Waals surface area contributed by atoms with E-state index >= 15 is 0 Å². The zero-order chi connectivity index (χ0) is 14.4. The van der Waals surface area contributed by atoms with Crippen molar-refractivity contribution in [2.45, 2.75) is 18.6 Å². The predicted octanol–water partition coefficient (Wildman–Crippen LogP) is 0.480. The van der Waals surface area contributed by atoms with Crippen LogP contribution in [0.4, 0.5) is 0 Å². The van der Waals surface area contributed by atoms with Crippen LogP contribution in [0.1, 0.15) is 16.8 Å². The lowest BCUT2D eigenvalue weighted by Gasteiger charge is -2.32. The van der Waals surface area contributed by atoms with Gasteiger partial charge >= 0.3 is 0 Å². The Morgan fingerprint density at radius 2 is 2.45 bits per heavy atom. The highest BCUT2D eigenvalue weighted by molar-refractivity contribution is 5.94. The third-order valence-corrected chi connectivity index (χ3v) is 3.34. The lowest BCUT2D eigenvalue weighted by atomic mass is 10.1. The SMILES string of the molecule is CN(C)CCO[C@@H]1CCOC[C@@H]1NC(=O)c1cc[nH]c1. The van der Waals surface area contributed by atoms with Gasteiger partial charge in [-0.05, 0) is 26.6 Å². The molecule has 1 aliphatic rings. The summed E-state index contributed by atoms with van der Waals surface area (Å²) in [5, 5.41) is 2.99. The number of hydrogen-bond acceptors (Lipinski definition) is 4. The van der Waals surface area contributed by atoms with Crippen molar-refractivity contribution >= 4 is 5.91 Å². The minimum atomic E-state index is -0.0945. The number of carbonyl (C=O) groups excluding carboxylic acids is 1. The van der Waals surface area contributed by atoms with Gasteiger partial charge in [0.25, 0.3) is 5.91 Å². The largest absolute Gasteiger partial charge is 0.379 e. The van der Waals surface area contributed by atoms with E-state index in [4.69, 9.17) is 9.47 Å². The highest BCUT2D eigenvalue weighted by Crippen LogP contribution is 2.13. The number of likely N-dealkylation sites (N-methyl/N-ethyl adjacent to an activating group) is 1. The average Bonchev–Trinajstić information content (AvgIpc) is 2.94. The Labute approximate surface area is 119 Å². The van der Waals surface area contributed by atoms with Crippen LogP contribution < -0.4 is 5.32 Å². The van der Waals surface area contributed by atoms with Crippen molar-refractivity contribution in [1.29, 1.82) is 0 Å². The summed E-state index contributed by atoms with van der Waals surface area (Å²) in [4.78, 5) is 17.0. The molecule has 0 unspecified atom stereocenters. The molecule has 2 N–H and O–H groups in total. The fraction of sp³-hybridized carbons (Fsp3) is 0.643. The molecule has 2 heterocycles. The number of nitrogens with one attached hydrogen (secondary N) is 2. The van der Waals surface area contributed by atoms with Crippen molar-refractivity contribution in [2.75, 3.05) is 40.5 Å². The van der Waals surface area contributed by atoms with Crippen LogP contribution in [0.2, 0.25) is 0 Å². The third kappa shape index (κ3) is 4.33. The zero-order valence-corrected chi connectivity index (χ0v) is 12.1. The number of rotatable bonds is 6. The maximum atomic E-state index is 12.1. The molecule has 2 atom stereocenters. The second-order valence-electron chi connectivity index (χ2n) is 5.26. The van der Waals surface area contributed by atoms with E-state index in [0.717, 1.165) is 13.0 Å². The Morgan fingerprint density at radius 3 is 3.15 bits per heavy atom. The molecule has 1 fully saturated rings. The molecule has 0 bridgehead atoms. The van der Waals surface area contributed by atoms with Gasteiger partial charge < -0.3 is 24.7 Å². The van der Waals surface area contributed by atoms with E-state index in [9.17, 15) is 4.79 Å². The normalized spacial score (nSPS) is 22.9. The monoisotopic (exact) mass is 281 g/mol. The van der Waals surface area contributed by atoms with Crippen LogP contribution >= 0.6 is 0 Å². The molecule has 1 aromatic heterocycles. The molecule has 6 heteroatoms. The summed E-state index contributed by atoms with van der Waals surface area (Å²) in [6, 6.07) is 1.66. The first kappa shape index (κ1) is 15.0. The molecule has 0 spiro atoms. The highest BCUT2D eigenvalue weighted by atomic mass is 16.5. The van der Waals surface area contributed by atoms with Crippen molar-refractivity contribution in [3.05, 3.63) is 24.0 Å². The number of hydrogen-bond donors (Lipinski definition) is 2. The highest BCUT2D eigenvalue weighted by Gasteiger charge is 2.28. The van der Waals surface area contributed by atoms with Crippen molar-refractivity contribution in [3.63, 3.8) is 0 Å². The smallest absolute Gasteiger partial charge is 0.253 e. The predicted molar refractivity (Wildman–Crippen MR) is 75.8 cm³/mol. The molecule has 1 aliphatic heterocycles. The second kappa shape index (κ2) is 7.42. The Balaban J connectivity index is 1.85. The van der Waals surface area contributed by atoms with Gasteiger partial charge in [0.15, 0.2) is 0 Å². The first-order chi connectivity index (χ1) is 9.66. The minimum Gasteiger partial charge on any atom is -0.379 e. The third-order valence-electron chi connectivity index (χ3n) is 3.34. The Bertz CT molecular complexity index is 406. The molecule has 1 aromatic rings. The van der Waals surface area contributed by atoms with Crippen molar-refractivity contribution in [1.82, 2.24) is 15.2 Å². The van der Waals surface area contributed by atoms with E-state index in [0.29, 0.717) is 25.4 Å². The summed E-state index contributed by atoms with van der Waals surface area (Å²) in [6.45, 7) is 2.72. The summed E-state index contributed by atoms with van der Waals surface area (Å²) in [5.41, 5.74) is 0.627. The summed E-state index contributed by atoms with van der Waals surface area (Å²) < 4.78 is 11.3. The van der Waals surface area contributed by atoms with E-state index < -0.39 is 0 Å². The van der Waals surface area contributed by atoms with Gasteiger partial charge in [0.1, 0.15) is 0 Å². The molecule has 1 saturated heterocycles. The minimum absolute atomic E-state index is 0.0200. The van der Waals surface area contributed by atoms with Gasteiger partial charge in [0.05, 0.1) is 30.9 Å². The first-order valence-electron chi connectivity index (χ1n) is 6.94. The van der Waals surface area contributed by atoms with Crippen LogP contribution in [0.15, 0.2) is 18.5 Å². The van der Waals surface area contributed by atoms with E-state index in [1.165, 1.54) is 0 Å². The van der Waals surface area contributed by atoms with Crippen LogP contribution in [0.5, 0.6) is 0 Å². The quantitative estimate of drug-likeness (QED) is 0.796. The molecule has 20 heavy (non-hydrogen) atoms. The molecule has 2 rings (SSSR count). The number of H-pyrrole nitrogens is 1. The van der Waals surface area contributed by atoms with Crippen molar-refractivity contribution in [3.8, 4) is 0 Å². The van der Waals surface area contributed by atoms with Gasteiger partial charge in [0, 0.05) is 25.5 Å². The number of amides is 1. The standard InChI is InChI=1S/C14H23N3O3/c1-17(2)6-8-20-13-4-7-19-10-12(13)16-14(18)11-3-5-15-9-11/h3,5,9,12-13,15H,4,6-8,10H2,1-2H3,(H,16,18)/t12-,13+/m0/s1. The van der Waals surface area contributed by atoms with Crippen LogP contribution in [-0.4, -0.2) is 68.4 Å². The van der Waals surface area contributed by atoms with Crippen LogP contribution in [0.25, 0.3) is 0 Å². The molecule has 0 aromatic carbocycles. The van der Waals surface area contributed by atoms with Gasteiger partial charge in [-0.15, -0.1) is 0 Å². The molecule has 0 radical (unpaired) electrons. The topological polar surface area (TPSA) is 66.6 Å². The van der Waals surface area contributed by atoms with Crippen LogP contribution in [0, 0.1) is 0 Å². The van der Waals surface area contributed by atoms with Crippen molar-refractivity contribution < 1.29 is 14.3 Å². The maximum Gasteiger partial charge on any atom is 0.253 e. The summed E-state index contributed by atoms with van der Waals surface area (Å²) >= 11 is 0. The lowest BCUT2D eigenvalue weighted by Crippen LogP contribution is -2.50. The average molecular weight is 281 g/mol. The van der Waals surface area contributed by atoms with E-state index in [2.05, 4.69) is 15.2 Å². The molecule has 112 valence electrons. The van der Waals surface area contributed by atoms with E-state index in [1.807, 2.05) is 14.1 Å². The molecule has 1 amide bonds. The van der Waals surface area contributed by atoms with Gasteiger partial charge in [-0.2, -0.15) is 0 Å².